The largest absolute Gasteiger partial charge is 0.390 e. The summed E-state index contributed by atoms with van der Waals surface area (Å²) < 4.78 is 0. The summed E-state index contributed by atoms with van der Waals surface area (Å²) in [6, 6.07) is 0. The minimum absolute atomic E-state index is 0.160. The fourth-order valence-corrected chi connectivity index (χ4v) is 2.03. The average molecular weight is 216 g/mol. The summed E-state index contributed by atoms with van der Waals surface area (Å²) in [6.45, 7) is 13.8. The molecule has 0 saturated heterocycles. The first-order valence-corrected chi connectivity index (χ1v) is 5.85. The smallest absolute Gasteiger partial charge is 0.0719 e. The molecule has 0 aliphatic rings. The quantitative estimate of drug-likeness (QED) is 0.758. The van der Waals surface area contributed by atoms with E-state index < -0.39 is 11.2 Å². The second-order valence-corrected chi connectivity index (χ2v) is 6.64. The Morgan fingerprint density at radius 1 is 0.867 bits per heavy atom. The SMILES string of the molecule is CC(C)C(O)(CCC(C)(C)O)C(C)(C)C. The van der Waals surface area contributed by atoms with Gasteiger partial charge in [0.2, 0.25) is 0 Å². The number of aliphatic hydroxyl groups is 2. The van der Waals surface area contributed by atoms with Crippen LogP contribution in [0.5, 0.6) is 0 Å². The van der Waals surface area contributed by atoms with Gasteiger partial charge in [-0.25, -0.2) is 0 Å². The maximum Gasteiger partial charge on any atom is 0.0719 e. The fourth-order valence-electron chi connectivity index (χ4n) is 2.03. The van der Waals surface area contributed by atoms with Crippen LogP contribution in [0.3, 0.4) is 0 Å². The van der Waals surface area contributed by atoms with Crippen LogP contribution in [0.1, 0.15) is 61.3 Å². The summed E-state index contributed by atoms with van der Waals surface area (Å²) in [5.41, 5.74) is -1.58. The van der Waals surface area contributed by atoms with Crippen LogP contribution < -0.4 is 0 Å². The third-order valence-electron chi connectivity index (χ3n) is 3.37. The standard InChI is InChI=1S/C13H28O2/c1-10(2)13(15,11(3,4)5)9-8-12(6,7)14/h10,14-15H,8-9H2,1-7H3. The second-order valence-electron chi connectivity index (χ2n) is 6.64. The van der Waals surface area contributed by atoms with E-state index in [2.05, 4.69) is 20.8 Å². The van der Waals surface area contributed by atoms with E-state index in [4.69, 9.17) is 0 Å². The van der Waals surface area contributed by atoms with Gasteiger partial charge in [-0.1, -0.05) is 34.6 Å². The lowest BCUT2D eigenvalue weighted by atomic mass is 9.67. The van der Waals surface area contributed by atoms with E-state index in [0.29, 0.717) is 12.8 Å². The fraction of sp³-hybridized carbons (Fsp3) is 1.00. The molecule has 0 saturated carbocycles. The predicted octanol–water partition coefficient (Wildman–Crippen LogP) is 2.97. The zero-order valence-corrected chi connectivity index (χ0v) is 11.4. The molecule has 0 amide bonds. The van der Waals surface area contributed by atoms with Crippen LogP contribution in [0, 0.1) is 11.3 Å². The van der Waals surface area contributed by atoms with Gasteiger partial charge < -0.3 is 10.2 Å². The molecule has 92 valence electrons. The lowest BCUT2D eigenvalue weighted by Gasteiger charge is -2.44. The second kappa shape index (κ2) is 4.42. The van der Waals surface area contributed by atoms with Crippen LogP contribution in [-0.4, -0.2) is 21.4 Å². The monoisotopic (exact) mass is 216 g/mol. The Morgan fingerprint density at radius 3 is 1.47 bits per heavy atom. The van der Waals surface area contributed by atoms with Gasteiger partial charge in [-0.05, 0) is 38.0 Å². The summed E-state index contributed by atoms with van der Waals surface area (Å²) in [6.07, 6.45) is 1.26. The molecule has 0 aliphatic carbocycles. The molecule has 1 unspecified atom stereocenters. The topological polar surface area (TPSA) is 40.5 Å². The van der Waals surface area contributed by atoms with Gasteiger partial charge in [0.25, 0.3) is 0 Å². The van der Waals surface area contributed by atoms with Crippen LogP contribution in [0.2, 0.25) is 0 Å². The Bertz CT molecular complexity index is 196. The molecule has 0 bridgehead atoms. The van der Waals surface area contributed by atoms with E-state index in [9.17, 15) is 10.2 Å². The molecule has 0 spiro atoms. The van der Waals surface area contributed by atoms with E-state index in [1.54, 1.807) is 13.8 Å². The maximum atomic E-state index is 10.7. The van der Waals surface area contributed by atoms with Crippen molar-refractivity contribution < 1.29 is 10.2 Å². The van der Waals surface area contributed by atoms with Crippen LogP contribution in [0.25, 0.3) is 0 Å². The van der Waals surface area contributed by atoms with Gasteiger partial charge in [-0.15, -0.1) is 0 Å². The third kappa shape index (κ3) is 4.12. The normalized spacial score (nSPS) is 18.0. The molecule has 1 atom stereocenters. The lowest BCUT2D eigenvalue weighted by molar-refractivity contribution is -0.112. The molecule has 0 aromatic heterocycles. The number of rotatable bonds is 4. The molecule has 0 radical (unpaired) electrons. The molecule has 15 heavy (non-hydrogen) atoms. The van der Waals surface area contributed by atoms with Crippen molar-refractivity contribution in [2.24, 2.45) is 11.3 Å². The van der Waals surface area contributed by atoms with Crippen molar-refractivity contribution in [2.75, 3.05) is 0 Å². The molecule has 0 aliphatic heterocycles. The molecule has 0 fully saturated rings. The van der Waals surface area contributed by atoms with Crippen molar-refractivity contribution in [1.82, 2.24) is 0 Å². The van der Waals surface area contributed by atoms with E-state index >= 15 is 0 Å². The van der Waals surface area contributed by atoms with Crippen molar-refractivity contribution in [3.05, 3.63) is 0 Å². The highest BCUT2D eigenvalue weighted by Gasteiger charge is 2.42. The Labute approximate surface area is 94.7 Å². The Morgan fingerprint density at radius 2 is 1.27 bits per heavy atom. The van der Waals surface area contributed by atoms with Crippen LogP contribution >= 0.6 is 0 Å². The van der Waals surface area contributed by atoms with Crippen LogP contribution in [-0.2, 0) is 0 Å². The van der Waals surface area contributed by atoms with Gasteiger partial charge in [-0.3, -0.25) is 0 Å². The van der Waals surface area contributed by atoms with E-state index in [-0.39, 0.29) is 11.3 Å². The van der Waals surface area contributed by atoms with Crippen LogP contribution in [0.15, 0.2) is 0 Å². The highest BCUT2D eigenvalue weighted by molar-refractivity contribution is 4.94. The van der Waals surface area contributed by atoms with Crippen molar-refractivity contribution in [3.63, 3.8) is 0 Å². The highest BCUT2D eigenvalue weighted by atomic mass is 16.3. The highest BCUT2D eigenvalue weighted by Crippen LogP contribution is 2.40. The molecule has 0 rings (SSSR count). The van der Waals surface area contributed by atoms with E-state index in [1.807, 2.05) is 13.8 Å². The molecule has 0 aromatic rings. The molecule has 2 N–H and O–H groups in total. The third-order valence-corrected chi connectivity index (χ3v) is 3.37. The zero-order valence-electron chi connectivity index (χ0n) is 11.4. The molecular formula is C13H28O2. The molecular weight excluding hydrogens is 188 g/mol. The summed E-state index contributed by atoms with van der Waals surface area (Å²) in [7, 11) is 0. The summed E-state index contributed by atoms with van der Waals surface area (Å²) in [5, 5.41) is 20.4. The first-order chi connectivity index (χ1) is 6.40. The first-order valence-electron chi connectivity index (χ1n) is 5.85. The van der Waals surface area contributed by atoms with Crippen LogP contribution in [0.4, 0.5) is 0 Å². The van der Waals surface area contributed by atoms with Crippen molar-refractivity contribution >= 4 is 0 Å². The summed E-state index contributed by atoms with van der Waals surface area (Å²) in [4.78, 5) is 0. The first kappa shape index (κ1) is 14.9. The summed E-state index contributed by atoms with van der Waals surface area (Å²) in [5.74, 6) is 0.194. The van der Waals surface area contributed by atoms with Crippen molar-refractivity contribution in [2.45, 2.75) is 72.5 Å². The van der Waals surface area contributed by atoms with Crippen molar-refractivity contribution in [1.29, 1.82) is 0 Å². The Balaban J connectivity index is 4.70. The molecule has 0 heterocycles. The van der Waals surface area contributed by atoms with Gasteiger partial charge in [0, 0.05) is 0 Å². The van der Waals surface area contributed by atoms with Gasteiger partial charge in [0.15, 0.2) is 0 Å². The molecule has 2 nitrogen and oxygen atoms in total. The number of hydrogen-bond donors (Lipinski definition) is 2. The Kier molecular flexibility index (Phi) is 4.40. The maximum absolute atomic E-state index is 10.7. The van der Waals surface area contributed by atoms with Gasteiger partial charge in [0.1, 0.15) is 0 Å². The summed E-state index contributed by atoms with van der Waals surface area (Å²) >= 11 is 0. The zero-order chi connectivity index (χ0) is 12.5. The predicted molar refractivity (Wildman–Crippen MR) is 64.8 cm³/mol. The van der Waals surface area contributed by atoms with Gasteiger partial charge in [0.05, 0.1) is 11.2 Å². The number of hydrogen-bond acceptors (Lipinski definition) is 2. The lowest BCUT2D eigenvalue weighted by Crippen LogP contribution is -2.48. The van der Waals surface area contributed by atoms with Gasteiger partial charge >= 0.3 is 0 Å². The van der Waals surface area contributed by atoms with E-state index in [1.165, 1.54) is 0 Å². The van der Waals surface area contributed by atoms with Gasteiger partial charge in [-0.2, -0.15) is 0 Å². The Hall–Kier alpha value is -0.0800. The average Bonchev–Trinajstić information content (AvgIpc) is 1.95. The minimum Gasteiger partial charge on any atom is -0.390 e. The minimum atomic E-state index is -0.715. The molecule has 0 aromatic carbocycles. The van der Waals surface area contributed by atoms with Crippen molar-refractivity contribution in [3.8, 4) is 0 Å². The molecule has 2 heteroatoms. The van der Waals surface area contributed by atoms with E-state index in [0.717, 1.165) is 0 Å².